The van der Waals surface area contributed by atoms with Crippen molar-refractivity contribution in [3.63, 3.8) is 0 Å². The lowest BCUT2D eigenvalue weighted by Crippen LogP contribution is -2.38. The van der Waals surface area contributed by atoms with Gasteiger partial charge in [0.05, 0.1) is 20.2 Å². The molecule has 1 aromatic heterocycles. The molecule has 0 fully saturated rings. The van der Waals surface area contributed by atoms with Crippen LogP contribution in [0.15, 0.2) is 82.7 Å². The maximum absolute atomic E-state index is 11.9. The summed E-state index contributed by atoms with van der Waals surface area (Å²) >= 11 is 0. The fraction of sp³-hybridized carbons (Fsp3) is 0.280. The summed E-state index contributed by atoms with van der Waals surface area (Å²) < 4.78 is 7.17. The quantitative estimate of drug-likeness (QED) is 0.449. The van der Waals surface area contributed by atoms with Crippen molar-refractivity contribution in [2.75, 3.05) is 20.7 Å². The van der Waals surface area contributed by atoms with Crippen LogP contribution < -0.4 is 15.6 Å². The highest BCUT2D eigenvalue weighted by atomic mass is 16.5. The second kappa shape index (κ2) is 11.0. The number of ether oxygens (including phenoxy) is 1. The van der Waals surface area contributed by atoms with E-state index in [1.807, 2.05) is 31.3 Å². The SMILES string of the molecule is CCNC(=NCc1ccc(Cn2ccccc2=O)cc1)N(C)Cc1ccccc1OC. The second-order valence-electron chi connectivity index (χ2n) is 7.32. The average Bonchev–Trinajstić information content (AvgIpc) is 2.79. The highest BCUT2D eigenvalue weighted by Gasteiger charge is 2.10. The number of guanidine groups is 1. The minimum Gasteiger partial charge on any atom is -0.496 e. The van der Waals surface area contributed by atoms with E-state index in [0.717, 1.165) is 34.9 Å². The van der Waals surface area contributed by atoms with Crippen LogP contribution in [0.3, 0.4) is 0 Å². The van der Waals surface area contributed by atoms with Gasteiger partial charge in [-0.2, -0.15) is 0 Å². The Labute approximate surface area is 183 Å². The lowest BCUT2D eigenvalue weighted by atomic mass is 10.1. The smallest absolute Gasteiger partial charge is 0.250 e. The first-order chi connectivity index (χ1) is 15.1. The molecule has 0 aliphatic carbocycles. The molecule has 0 aliphatic heterocycles. The minimum atomic E-state index is 0.00421. The molecule has 0 aliphatic rings. The zero-order chi connectivity index (χ0) is 22.1. The number of aromatic nitrogens is 1. The number of aliphatic imine (C=N–C) groups is 1. The van der Waals surface area contributed by atoms with Crippen molar-refractivity contribution in [2.24, 2.45) is 4.99 Å². The van der Waals surface area contributed by atoms with E-state index in [9.17, 15) is 4.79 Å². The number of rotatable bonds is 8. The largest absolute Gasteiger partial charge is 0.496 e. The van der Waals surface area contributed by atoms with Crippen LogP contribution in [-0.2, 0) is 19.6 Å². The van der Waals surface area contributed by atoms with E-state index in [-0.39, 0.29) is 5.56 Å². The molecule has 31 heavy (non-hydrogen) atoms. The highest BCUT2D eigenvalue weighted by molar-refractivity contribution is 5.79. The van der Waals surface area contributed by atoms with Gasteiger partial charge >= 0.3 is 0 Å². The van der Waals surface area contributed by atoms with Crippen molar-refractivity contribution in [2.45, 2.75) is 26.6 Å². The summed E-state index contributed by atoms with van der Waals surface area (Å²) in [6, 6.07) is 21.5. The summed E-state index contributed by atoms with van der Waals surface area (Å²) in [5.41, 5.74) is 3.31. The number of benzene rings is 2. The molecule has 162 valence electrons. The zero-order valence-corrected chi connectivity index (χ0v) is 18.4. The normalized spacial score (nSPS) is 11.3. The maximum Gasteiger partial charge on any atom is 0.250 e. The van der Waals surface area contributed by atoms with E-state index in [2.05, 4.69) is 47.5 Å². The van der Waals surface area contributed by atoms with Crippen molar-refractivity contribution in [3.05, 3.63) is 100.0 Å². The van der Waals surface area contributed by atoms with Crippen LogP contribution in [0.4, 0.5) is 0 Å². The number of pyridine rings is 1. The molecule has 0 spiro atoms. The third-order valence-corrected chi connectivity index (χ3v) is 4.98. The summed E-state index contributed by atoms with van der Waals surface area (Å²) in [5, 5.41) is 3.36. The summed E-state index contributed by atoms with van der Waals surface area (Å²) in [4.78, 5) is 18.8. The van der Waals surface area contributed by atoms with Gasteiger partial charge in [-0.05, 0) is 30.2 Å². The third-order valence-electron chi connectivity index (χ3n) is 4.98. The van der Waals surface area contributed by atoms with Gasteiger partial charge in [-0.1, -0.05) is 48.5 Å². The summed E-state index contributed by atoms with van der Waals surface area (Å²) in [7, 11) is 3.71. The van der Waals surface area contributed by atoms with Crippen LogP contribution in [0.5, 0.6) is 5.75 Å². The van der Waals surface area contributed by atoms with Gasteiger partial charge in [-0.15, -0.1) is 0 Å². The molecule has 2 aromatic carbocycles. The monoisotopic (exact) mass is 418 g/mol. The van der Waals surface area contributed by atoms with Crippen LogP contribution in [0.2, 0.25) is 0 Å². The number of hydrogen-bond acceptors (Lipinski definition) is 3. The molecule has 0 bridgehead atoms. The molecule has 0 saturated carbocycles. The summed E-state index contributed by atoms with van der Waals surface area (Å²) in [6.07, 6.45) is 1.81. The van der Waals surface area contributed by atoms with Gasteiger partial charge in [0, 0.05) is 38.0 Å². The number of methoxy groups -OCH3 is 1. The first-order valence-electron chi connectivity index (χ1n) is 10.5. The van der Waals surface area contributed by atoms with Gasteiger partial charge in [0.15, 0.2) is 5.96 Å². The fourth-order valence-electron chi connectivity index (χ4n) is 3.34. The topological polar surface area (TPSA) is 58.9 Å². The van der Waals surface area contributed by atoms with Gasteiger partial charge in [0.1, 0.15) is 5.75 Å². The molecule has 3 rings (SSSR count). The molecule has 1 heterocycles. The van der Waals surface area contributed by atoms with Crippen LogP contribution in [0.1, 0.15) is 23.6 Å². The second-order valence-corrected chi connectivity index (χ2v) is 7.32. The van der Waals surface area contributed by atoms with E-state index in [0.29, 0.717) is 19.6 Å². The van der Waals surface area contributed by atoms with Gasteiger partial charge < -0.3 is 19.5 Å². The Morgan fingerprint density at radius 2 is 1.74 bits per heavy atom. The van der Waals surface area contributed by atoms with Crippen molar-refractivity contribution in [3.8, 4) is 5.75 Å². The average molecular weight is 419 g/mol. The predicted octanol–water partition coefficient (Wildman–Crippen LogP) is 3.50. The molecule has 0 atom stereocenters. The molecular formula is C25H30N4O2. The van der Waals surface area contributed by atoms with Crippen LogP contribution in [-0.4, -0.2) is 36.1 Å². The number of para-hydroxylation sites is 1. The molecule has 6 heteroatoms. The van der Waals surface area contributed by atoms with E-state index in [4.69, 9.17) is 9.73 Å². The van der Waals surface area contributed by atoms with Gasteiger partial charge in [0.25, 0.3) is 5.56 Å². The summed E-state index contributed by atoms with van der Waals surface area (Å²) in [6.45, 7) is 4.69. The molecule has 0 radical (unpaired) electrons. The molecule has 0 saturated heterocycles. The third kappa shape index (κ3) is 6.22. The van der Waals surface area contributed by atoms with E-state index < -0.39 is 0 Å². The fourth-order valence-corrected chi connectivity index (χ4v) is 3.34. The van der Waals surface area contributed by atoms with Gasteiger partial charge in [-0.3, -0.25) is 4.79 Å². The van der Waals surface area contributed by atoms with Crippen molar-refractivity contribution in [1.82, 2.24) is 14.8 Å². The Kier molecular flexibility index (Phi) is 7.87. The minimum absolute atomic E-state index is 0.00421. The number of nitrogens with one attached hydrogen (secondary N) is 1. The Bertz CT molecular complexity index is 1060. The molecular weight excluding hydrogens is 388 g/mol. The van der Waals surface area contributed by atoms with Crippen molar-refractivity contribution in [1.29, 1.82) is 0 Å². The molecule has 0 unspecified atom stereocenters. The van der Waals surface area contributed by atoms with E-state index in [1.165, 1.54) is 0 Å². The van der Waals surface area contributed by atoms with Crippen LogP contribution in [0, 0.1) is 0 Å². The zero-order valence-electron chi connectivity index (χ0n) is 18.4. The van der Waals surface area contributed by atoms with Crippen molar-refractivity contribution >= 4 is 5.96 Å². The van der Waals surface area contributed by atoms with E-state index >= 15 is 0 Å². The Morgan fingerprint density at radius 3 is 2.45 bits per heavy atom. The molecule has 6 nitrogen and oxygen atoms in total. The van der Waals surface area contributed by atoms with E-state index in [1.54, 1.807) is 30.0 Å². The van der Waals surface area contributed by atoms with Gasteiger partial charge in [-0.25, -0.2) is 4.99 Å². The lowest BCUT2D eigenvalue weighted by Gasteiger charge is -2.23. The Morgan fingerprint density at radius 1 is 1.03 bits per heavy atom. The Balaban J connectivity index is 1.67. The first-order valence-corrected chi connectivity index (χ1v) is 10.5. The van der Waals surface area contributed by atoms with Crippen LogP contribution >= 0.6 is 0 Å². The standard InChI is InChI=1S/C25H30N4O2/c1-4-26-25(28(2)19-22-9-5-6-10-23(22)31-3)27-17-20-12-14-21(15-13-20)18-29-16-8-7-11-24(29)30/h5-16H,4,17-19H2,1-3H3,(H,26,27). The summed E-state index contributed by atoms with van der Waals surface area (Å²) in [5.74, 6) is 1.71. The number of hydrogen-bond donors (Lipinski definition) is 1. The Hall–Kier alpha value is -3.54. The highest BCUT2D eigenvalue weighted by Crippen LogP contribution is 2.18. The molecule has 1 N–H and O–H groups in total. The van der Waals surface area contributed by atoms with Crippen LogP contribution in [0.25, 0.3) is 0 Å². The maximum atomic E-state index is 11.9. The number of nitrogens with zero attached hydrogens (tertiary/aromatic N) is 3. The van der Waals surface area contributed by atoms with Crippen molar-refractivity contribution < 1.29 is 4.74 Å². The lowest BCUT2D eigenvalue weighted by molar-refractivity contribution is 0.396. The molecule has 0 amide bonds. The van der Waals surface area contributed by atoms with Gasteiger partial charge in [0.2, 0.25) is 0 Å². The predicted molar refractivity (Wildman–Crippen MR) is 126 cm³/mol. The molecule has 3 aromatic rings. The first kappa shape index (κ1) is 22.2.